The first-order valence-corrected chi connectivity index (χ1v) is 6.88. The SMILES string of the molecule is CC(O)(CNS(=O)(=O)c1ccc(O)c([N+](=O)[O-])c1)C(=O)O. The van der Waals surface area contributed by atoms with Gasteiger partial charge in [-0.05, 0) is 19.1 Å². The number of aromatic hydroxyl groups is 1. The summed E-state index contributed by atoms with van der Waals surface area (Å²) in [4.78, 5) is 19.8. The van der Waals surface area contributed by atoms with Gasteiger partial charge in [0.25, 0.3) is 0 Å². The Balaban J connectivity index is 3.07. The highest BCUT2D eigenvalue weighted by molar-refractivity contribution is 7.89. The minimum atomic E-state index is -4.29. The molecule has 0 heterocycles. The van der Waals surface area contributed by atoms with Crippen molar-refractivity contribution >= 4 is 21.7 Å². The Kier molecular flexibility index (Phi) is 4.51. The Morgan fingerprint density at radius 2 is 2.05 bits per heavy atom. The van der Waals surface area contributed by atoms with Crippen molar-refractivity contribution in [2.24, 2.45) is 0 Å². The van der Waals surface area contributed by atoms with E-state index in [-0.39, 0.29) is 0 Å². The van der Waals surface area contributed by atoms with Crippen molar-refractivity contribution < 1.29 is 33.5 Å². The second-order valence-corrected chi connectivity index (χ2v) is 6.08. The largest absolute Gasteiger partial charge is 0.502 e. The Morgan fingerprint density at radius 1 is 1.48 bits per heavy atom. The highest BCUT2D eigenvalue weighted by Gasteiger charge is 2.32. The third kappa shape index (κ3) is 3.87. The van der Waals surface area contributed by atoms with Crippen LogP contribution < -0.4 is 4.72 Å². The van der Waals surface area contributed by atoms with E-state index in [0.717, 1.165) is 19.1 Å². The van der Waals surface area contributed by atoms with E-state index in [1.807, 2.05) is 4.72 Å². The van der Waals surface area contributed by atoms with Crippen molar-refractivity contribution in [3.05, 3.63) is 28.3 Å². The van der Waals surface area contributed by atoms with Crippen molar-refractivity contribution in [2.75, 3.05) is 6.54 Å². The molecule has 0 aliphatic heterocycles. The molecule has 0 radical (unpaired) electrons. The molecule has 0 aliphatic rings. The van der Waals surface area contributed by atoms with E-state index in [4.69, 9.17) is 5.11 Å². The van der Waals surface area contributed by atoms with E-state index in [1.54, 1.807) is 0 Å². The Labute approximate surface area is 118 Å². The first-order valence-electron chi connectivity index (χ1n) is 5.40. The van der Waals surface area contributed by atoms with E-state index < -0.39 is 49.4 Å². The van der Waals surface area contributed by atoms with Crippen molar-refractivity contribution in [3.63, 3.8) is 0 Å². The van der Waals surface area contributed by atoms with Crippen LogP contribution in [-0.4, -0.2) is 46.8 Å². The highest BCUT2D eigenvalue weighted by atomic mass is 32.2. The van der Waals surface area contributed by atoms with E-state index in [9.17, 15) is 33.5 Å². The molecule has 10 nitrogen and oxygen atoms in total. The van der Waals surface area contributed by atoms with Gasteiger partial charge in [-0.2, -0.15) is 0 Å². The van der Waals surface area contributed by atoms with Crippen LogP contribution in [-0.2, 0) is 14.8 Å². The number of phenolic OH excluding ortho intramolecular Hbond substituents is 1. The number of nitro groups is 1. The Morgan fingerprint density at radius 3 is 2.52 bits per heavy atom. The first-order chi connectivity index (χ1) is 9.47. The molecule has 21 heavy (non-hydrogen) atoms. The molecule has 0 fully saturated rings. The number of nitrogens with one attached hydrogen (secondary N) is 1. The number of carboxylic acids is 1. The van der Waals surface area contributed by atoms with E-state index in [0.29, 0.717) is 6.07 Å². The smallest absolute Gasteiger partial charge is 0.336 e. The van der Waals surface area contributed by atoms with Crippen LogP contribution in [0.1, 0.15) is 6.92 Å². The van der Waals surface area contributed by atoms with Crippen LogP contribution in [0, 0.1) is 10.1 Å². The van der Waals surface area contributed by atoms with E-state index in [1.165, 1.54) is 0 Å². The van der Waals surface area contributed by atoms with E-state index >= 15 is 0 Å². The quantitative estimate of drug-likeness (QED) is 0.398. The number of phenols is 1. The van der Waals surface area contributed by atoms with Gasteiger partial charge in [-0.15, -0.1) is 0 Å². The standard InChI is InChI=1S/C10H12N2O8S/c1-10(16,9(14)15)5-11-21(19,20)6-2-3-8(13)7(4-6)12(17)18/h2-4,11,13,16H,5H2,1H3,(H,14,15). The number of hydrogen-bond donors (Lipinski definition) is 4. The van der Waals surface area contributed by atoms with Crippen LogP contribution in [0.5, 0.6) is 5.75 Å². The van der Waals surface area contributed by atoms with Gasteiger partial charge < -0.3 is 15.3 Å². The van der Waals surface area contributed by atoms with Gasteiger partial charge in [-0.3, -0.25) is 10.1 Å². The Bertz CT molecular complexity index is 682. The van der Waals surface area contributed by atoms with E-state index in [2.05, 4.69) is 0 Å². The molecule has 116 valence electrons. The second-order valence-electron chi connectivity index (χ2n) is 4.31. The molecule has 0 amide bonds. The number of aliphatic carboxylic acids is 1. The summed E-state index contributed by atoms with van der Waals surface area (Å²) in [6, 6.07) is 2.34. The Hall–Kier alpha value is -2.24. The zero-order valence-corrected chi connectivity index (χ0v) is 11.5. The normalized spacial score (nSPS) is 14.4. The zero-order chi connectivity index (χ0) is 16.4. The monoisotopic (exact) mass is 320 g/mol. The molecule has 0 aromatic heterocycles. The van der Waals surface area contributed by atoms with Crippen LogP contribution in [0.25, 0.3) is 0 Å². The molecule has 0 aliphatic carbocycles. The molecule has 1 aromatic carbocycles. The molecule has 0 spiro atoms. The summed E-state index contributed by atoms with van der Waals surface area (Å²) in [5, 5.41) is 37.9. The second kappa shape index (κ2) is 5.63. The predicted molar refractivity (Wildman–Crippen MR) is 68.2 cm³/mol. The van der Waals surface area contributed by atoms with Crippen LogP contribution >= 0.6 is 0 Å². The molecule has 11 heteroatoms. The summed E-state index contributed by atoms with van der Waals surface area (Å²) < 4.78 is 25.6. The van der Waals surface area contributed by atoms with Gasteiger partial charge in [0.1, 0.15) is 0 Å². The number of nitrogens with zero attached hydrogens (tertiary/aromatic N) is 1. The van der Waals surface area contributed by atoms with Gasteiger partial charge in [0.15, 0.2) is 11.4 Å². The predicted octanol–water partition coefficient (Wildman–Crippen LogP) is -0.586. The molecular weight excluding hydrogens is 308 g/mol. The number of sulfonamides is 1. The third-order valence-corrected chi connectivity index (χ3v) is 3.92. The number of rotatable bonds is 6. The molecule has 1 unspecified atom stereocenters. The molecule has 1 aromatic rings. The first kappa shape index (κ1) is 16.8. The fraction of sp³-hybridized carbons (Fsp3) is 0.300. The lowest BCUT2D eigenvalue weighted by Gasteiger charge is -2.18. The minimum absolute atomic E-state index is 0.548. The van der Waals surface area contributed by atoms with Crippen molar-refractivity contribution in [2.45, 2.75) is 17.4 Å². The number of carboxylic acid groups (broad SMARTS) is 1. The summed E-state index contributed by atoms with van der Waals surface area (Å²) in [5.74, 6) is -2.35. The summed E-state index contributed by atoms with van der Waals surface area (Å²) in [5.41, 5.74) is -3.15. The number of benzene rings is 1. The summed E-state index contributed by atoms with van der Waals surface area (Å²) >= 11 is 0. The summed E-state index contributed by atoms with van der Waals surface area (Å²) in [6.45, 7) is 0.0520. The minimum Gasteiger partial charge on any atom is -0.502 e. The molecule has 0 saturated carbocycles. The van der Waals surface area contributed by atoms with Crippen molar-refractivity contribution in [3.8, 4) is 5.75 Å². The number of aliphatic hydroxyl groups is 1. The van der Waals surface area contributed by atoms with Gasteiger partial charge in [0.05, 0.1) is 16.4 Å². The van der Waals surface area contributed by atoms with Gasteiger partial charge >= 0.3 is 11.7 Å². The lowest BCUT2D eigenvalue weighted by atomic mass is 10.1. The number of carbonyl (C=O) groups is 1. The lowest BCUT2D eigenvalue weighted by Crippen LogP contribution is -2.46. The van der Waals surface area contributed by atoms with Crippen LogP contribution in [0.4, 0.5) is 5.69 Å². The number of nitro benzene ring substituents is 1. The van der Waals surface area contributed by atoms with Gasteiger partial charge in [-0.25, -0.2) is 17.9 Å². The lowest BCUT2D eigenvalue weighted by molar-refractivity contribution is -0.386. The maximum atomic E-state index is 11.9. The topological polar surface area (TPSA) is 167 Å². The van der Waals surface area contributed by atoms with Gasteiger partial charge in [-0.1, -0.05) is 0 Å². The van der Waals surface area contributed by atoms with Crippen molar-refractivity contribution in [1.82, 2.24) is 4.72 Å². The molecule has 0 bridgehead atoms. The maximum Gasteiger partial charge on any atom is 0.336 e. The van der Waals surface area contributed by atoms with Crippen LogP contribution in [0.3, 0.4) is 0 Å². The molecule has 1 rings (SSSR count). The average molecular weight is 320 g/mol. The maximum absolute atomic E-state index is 11.9. The fourth-order valence-corrected chi connectivity index (χ4v) is 2.36. The van der Waals surface area contributed by atoms with Crippen LogP contribution in [0.2, 0.25) is 0 Å². The number of hydrogen-bond acceptors (Lipinski definition) is 7. The average Bonchev–Trinajstić information content (AvgIpc) is 2.36. The zero-order valence-electron chi connectivity index (χ0n) is 10.7. The third-order valence-electron chi connectivity index (χ3n) is 2.52. The molecule has 4 N–H and O–H groups in total. The summed E-state index contributed by atoms with van der Waals surface area (Å²) in [6.07, 6.45) is 0. The van der Waals surface area contributed by atoms with Gasteiger partial charge in [0.2, 0.25) is 10.0 Å². The summed E-state index contributed by atoms with van der Waals surface area (Å²) in [7, 11) is -4.29. The molecular formula is C10H12N2O8S. The van der Waals surface area contributed by atoms with Crippen molar-refractivity contribution in [1.29, 1.82) is 0 Å². The van der Waals surface area contributed by atoms with Crippen LogP contribution in [0.15, 0.2) is 23.1 Å². The molecule has 1 atom stereocenters. The fourth-order valence-electron chi connectivity index (χ4n) is 1.21. The molecule has 0 saturated heterocycles. The highest BCUT2D eigenvalue weighted by Crippen LogP contribution is 2.28. The van der Waals surface area contributed by atoms with Gasteiger partial charge in [0, 0.05) is 6.07 Å².